The van der Waals surface area contributed by atoms with Crippen LogP contribution in [0.4, 0.5) is 0 Å². The lowest BCUT2D eigenvalue weighted by Crippen LogP contribution is -2.49. The standard InChI is InChI=1S/C14H18ClNO2S2/c15-12-2-1-11(20-12)7-13(17)16-10-3-5-18-14(8-10)4-6-19-9-14/h1-2,10H,3-9H2,(H,16,17). The van der Waals surface area contributed by atoms with Crippen LogP contribution in [-0.4, -0.2) is 35.7 Å². The predicted octanol–water partition coefficient (Wildman–Crippen LogP) is 3.11. The van der Waals surface area contributed by atoms with Crippen LogP contribution in [0.3, 0.4) is 0 Å². The third-order valence-electron chi connectivity index (χ3n) is 3.89. The largest absolute Gasteiger partial charge is 0.374 e. The topological polar surface area (TPSA) is 38.3 Å². The minimum atomic E-state index is 0.0209. The number of ether oxygens (including phenoxy) is 1. The van der Waals surface area contributed by atoms with Gasteiger partial charge in [-0.2, -0.15) is 11.8 Å². The van der Waals surface area contributed by atoms with Gasteiger partial charge in [0.25, 0.3) is 0 Å². The van der Waals surface area contributed by atoms with Crippen LogP contribution in [0.2, 0.25) is 4.34 Å². The summed E-state index contributed by atoms with van der Waals surface area (Å²) in [6.45, 7) is 0.760. The van der Waals surface area contributed by atoms with Gasteiger partial charge in [0.1, 0.15) is 0 Å². The van der Waals surface area contributed by atoms with Gasteiger partial charge in [0, 0.05) is 23.3 Å². The van der Waals surface area contributed by atoms with Crippen LogP contribution in [0.5, 0.6) is 0 Å². The molecule has 2 saturated heterocycles. The summed E-state index contributed by atoms with van der Waals surface area (Å²) in [5, 5.41) is 3.16. The summed E-state index contributed by atoms with van der Waals surface area (Å²) >= 11 is 9.31. The number of rotatable bonds is 3. The van der Waals surface area contributed by atoms with E-state index in [1.165, 1.54) is 17.1 Å². The van der Waals surface area contributed by atoms with Crippen LogP contribution in [-0.2, 0) is 16.0 Å². The second-order valence-corrected chi connectivity index (χ2v) is 8.38. The first-order valence-corrected chi connectivity index (χ1v) is 9.25. The molecule has 3 heterocycles. The second kappa shape index (κ2) is 6.26. The first-order chi connectivity index (χ1) is 9.65. The zero-order chi connectivity index (χ0) is 14.0. The maximum Gasteiger partial charge on any atom is 0.225 e. The number of hydrogen-bond acceptors (Lipinski definition) is 4. The Morgan fingerprint density at radius 1 is 1.55 bits per heavy atom. The molecule has 2 unspecified atom stereocenters. The molecule has 1 spiro atoms. The summed E-state index contributed by atoms with van der Waals surface area (Å²) in [5.41, 5.74) is 0.0209. The number of halogens is 1. The quantitative estimate of drug-likeness (QED) is 0.924. The number of thioether (sulfide) groups is 1. The van der Waals surface area contributed by atoms with Crippen LogP contribution >= 0.6 is 34.7 Å². The van der Waals surface area contributed by atoms with Crippen molar-refractivity contribution in [2.24, 2.45) is 0 Å². The number of carbonyl (C=O) groups excluding carboxylic acids is 1. The Morgan fingerprint density at radius 3 is 3.15 bits per heavy atom. The Kier molecular flexibility index (Phi) is 4.60. The van der Waals surface area contributed by atoms with Crippen molar-refractivity contribution in [3.63, 3.8) is 0 Å². The van der Waals surface area contributed by atoms with Gasteiger partial charge in [0.05, 0.1) is 16.4 Å². The molecule has 3 nitrogen and oxygen atoms in total. The molecular weight excluding hydrogens is 314 g/mol. The van der Waals surface area contributed by atoms with Gasteiger partial charge in [-0.05, 0) is 37.1 Å². The van der Waals surface area contributed by atoms with Crippen molar-refractivity contribution in [2.75, 3.05) is 18.1 Å². The normalized spacial score (nSPS) is 29.8. The van der Waals surface area contributed by atoms with Gasteiger partial charge >= 0.3 is 0 Å². The molecule has 2 aliphatic heterocycles. The molecule has 1 N–H and O–H groups in total. The minimum Gasteiger partial charge on any atom is -0.374 e. The number of amides is 1. The van der Waals surface area contributed by atoms with E-state index in [-0.39, 0.29) is 17.6 Å². The minimum absolute atomic E-state index is 0.0209. The zero-order valence-electron chi connectivity index (χ0n) is 11.2. The van der Waals surface area contributed by atoms with Gasteiger partial charge in [-0.3, -0.25) is 4.79 Å². The Bertz CT molecular complexity index is 485. The lowest BCUT2D eigenvalue weighted by molar-refractivity contribution is -0.123. The molecule has 2 atom stereocenters. The molecular formula is C14H18ClNO2S2. The molecule has 3 rings (SSSR count). The summed E-state index contributed by atoms with van der Waals surface area (Å²) in [4.78, 5) is 13.1. The Labute approximate surface area is 132 Å². The zero-order valence-corrected chi connectivity index (χ0v) is 13.6. The summed E-state index contributed by atoms with van der Waals surface area (Å²) in [5.74, 6) is 2.34. The van der Waals surface area contributed by atoms with Crippen molar-refractivity contribution in [3.05, 3.63) is 21.3 Å². The van der Waals surface area contributed by atoms with Gasteiger partial charge in [0.15, 0.2) is 0 Å². The average molecular weight is 332 g/mol. The highest BCUT2D eigenvalue weighted by molar-refractivity contribution is 7.99. The maximum atomic E-state index is 12.1. The summed E-state index contributed by atoms with van der Waals surface area (Å²) in [6, 6.07) is 4.02. The summed E-state index contributed by atoms with van der Waals surface area (Å²) in [7, 11) is 0. The van der Waals surface area contributed by atoms with Crippen molar-refractivity contribution in [3.8, 4) is 0 Å². The highest BCUT2D eigenvalue weighted by Crippen LogP contribution is 2.38. The fraction of sp³-hybridized carbons (Fsp3) is 0.643. The Morgan fingerprint density at radius 2 is 2.45 bits per heavy atom. The number of hydrogen-bond donors (Lipinski definition) is 1. The molecule has 1 amide bonds. The molecule has 0 aliphatic carbocycles. The highest BCUT2D eigenvalue weighted by Gasteiger charge is 2.40. The van der Waals surface area contributed by atoms with E-state index >= 15 is 0 Å². The first-order valence-electron chi connectivity index (χ1n) is 6.91. The molecule has 6 heteroatoms. The molecule has 2 aliphatic rings. The van der Waals surface area contributed by atoms with Crippen LogP contribution in [0.15, 0.2) is 12.1 Å². The van der Waals surface area contributed by atoms with Crippen molar-refractivity contribution in [1.82, 2.24) is 5.32 Å². The van der Waals surface area contributed by atoms with E-state index < -0.39 is 0 Å². The Hall–Kier alpha value is -0.230. The molecule has 0 bridgehead atoms. The van der Waals surface area contributed by atoms with Crippen molar-refractivity contribution < 1.29 is 9.53 Å². The third-order valence-corrected chi connectivity index (χ3v) is 6.34. The summed E-state index contributed by atoms with van der Waals surface area (Å²) in [6.07, 6.45) is 3.42. The van der Waals surface area contributed by atoms with E-state index in [4.69, 9.17) is 16.3 Å². The van der Waals surface area contributed by atoms with E-state index in [1.54, 1.807) is 0 Å². The summed E-state index contributed by atoms with van der Waals surface area (Å²) < 4.78 is 6.71. The number of thiophene rings is 1. The van der Waals surface area contributed by atoms with Gasteiger partial charge < -0.3 is 10.1 Å². The van der Waals surface area contributed by atoms with Gasteiger partial charge in [0.2, 0.25) is 5.91 Å². The van der Waals surface area contributed by atoms with E-state index in [9.17, 15) is 4.79 Å². The monoisotopic (exact) mass is 331 g/mol. The molecule has 110 valence electrons. The molecule has 0 saturated carbocycles. The van der Waals surface area contributed by atoms with Gasteiger partial charge in [-0.25, -0.2) is 0 Å². The van der Waals surface area contributed by atoms with Crippen molar-refractivity contribution in [1.29, 1.82) is 0 Å². The number of nitrogens with one attached hydrogen (secondary N) is 1. The first kappa shape index (κ1) is 14.7. The smallest absolute Gasteiger partial charge is 0.225 e. The molecule has 1 aromatic heterocycles. The van der Waals surface area contributed by atoms with Crippen LogP contribution in [0.25, 0.3) is 0 Å². The molecule has 0 aromatic carbocycles. The van der Waals surface area contributed by atoms with Crippen LogP contribution in [0.1, 0.15) is 24.1 Å². The average Bonchev–Trinajstić information content (AvgIpc) is 2.99. The highest BCUT2D eigenvalue weighted by atomic mass is 35.5. The molecule has 2 fully saturated rings. The number of carbonyl (C=O) groups is 1. The van der Waals surface area contributed by atoms with E-state index in [0.717, 1.165) is 40.8 Å². The second-order valence-electron chi connectivity index (χ2n) is 5.47. The lowest BCUT2D eigenvalue weighted by Gasteiger charge is -2.38. The Balaban J connectivity index is 1.53. The van der Waals surface area contributed by atoms with Gasteiger partial charge in [-0.15, -0.1) is 11.3 Å². The fourth-order valence-corrected chi connectivity index (χ4v) is 5.36. The fourth-order valence-electron chi connectivity index (χ4n) is 2.90. The SMILES string of the molecule is O=C(Cc1ccc(Cl)s1)NC1CCOC2(CCSC2)C1. The predicted molar refractivity (Wildman–Crippen MR) is 84.8 cm³/mol. The van der Waals surface area contributed by atoms with E-state index in [1.807, 2.05) is 23.9 Å². The lowest BCUT2D eigenvalue weighted by atomic mass is 9.90. The molecule has 1 aromatic rings. The molecule has 20 heavy (non-hydrogen) atoms. The van der Waals surface area contributed by atoms with E-state index in [2.05, 4.69) is 5.32 Å². The van der Waals surface area contributed by atoms with Crippen LogP contribution in [0, 0.1) is 0 Å². The maximum absolute atomic E-state index is 12.1. The van der Waals surface area contributed by atoms with Gasteiger partial charge in [-0.1, -0.05) is 11.6 Å². The third kappa shape index (κ3) is 3.50. The van der Waals surface area contributed by atoms with Crippen LogP contribution < -0.4 is 5.32 Å². The van der Waals surface area contributed by atoms with E-state index in [0.29, 0.717) is 6.42 Å². The van der Waals surface area contributed by atoms with Crippen molar-refractivity contribution >= 4 is 40.6 Å². The van der Waals surface area contributed by atoms with Crippen molar-refractivity contribution in [2.45, 2.75) is 37.3 Å². The molecule has 0 radical (unpaired) electrons.